The molecule has 0 spiro atoms. The second-order valence-corrected chi connectivity index (χ2v) is 3.99. The summed E-state index contributed by atoms with van der Waals surface area (Å²) in [5.41, 5.74) is 0.399. The highest BCUT2D eigenvalue weighted by Crippen LogP contribution is 2.27. The third-order valence-corrected chi connectivity index (χ3v) is 2.72. The maximum absolute atomic E-state index is 13.8. The van der Waals surface area contributed by atoms with Gasteiger partial charge < -0.3 is 9.47 Å². The first-order chi connectivity index (χ1) is 8.51. The summed E-state index contributed by atoms with van der Waals surface area (Å²) in [6.07, 6.45) is 0. The number of benzene rings is 1. The Labute approximate surface area is 106 Å². The zero-order valence-electron chi connectivity index (χ0n) is 11.0. The lowest BCUT2D eigenvalue weighted by atomic mass is 10.1. The highest BCUT2D eigenvalue weighted by atomic mass is 19.1. The number of halogens is 1. The first kappa shape index (κ1) is 14.4. The second-order valence-electron chi connectivity index (χ2n) is 3.99. The second kappa shape index (κ2) is 6.35. The van der Waals surface area contributed by atoms with Crippen LogP contribution in [0.15, 0.2) is 18.2 Å². The molecule has 0 saturated heterocycles. The smallest absolute Gasteiger partial charge is 0.322 e. The minimum atomic E-state index is -0.519. The van der Waals surface area contributed by atoms with Gasteiger partial charge in [-0.15, -0.1) is 0 Å². The van der Waals surface area contributed by atoms with Crippen LogP contribution in [0, 0.1) is 5.82 Å². The van der Waals surface area contributed by atoms with Gasteiger partial charge in [-0.1, -0.05) is 6.07 Å². The molecule has 1 rings (SSSR count). The molecule has 1 aromatic carbocycles. The Morgan fingerprint density at radius 1 is 1.33 bits per heavy atom. The van der Waals surface area contributed by atoms with Crippen LogP contribution in [0.3, 0.4) is 0 Å². The molecular weight excluding hydrogens is 237 g/mol. The molecule has 5 heteroatoms. The van der Waals surface area contributed by atoms with Crippen LogP contribution in [0.25, 0.3) is 0 Å². The largest absolute Gasteiger partial charge is 0.496 e. The maximum atomic E-state index is 13.8. The van der Waals surface area contributed by atoms with Crippen molar-refractivity contribution < 1.29 is 18.7 Å². The van der Waals surface area contributed by atoms with Crippen molar-refractivity contribution in [2.45, 2.75) is 25.9 Å². The SMILES string of the molecule is COC(=O)C(C)NC(C)c1c(F)cccc1OC. The summed E-state index contributed by atoms with van der Waals surface area (Å²) in [5, 5.41) is 2.97. The molecule has 0 fully saturated rings. The molecule has 0 saturated carbocycles. The van der Waals surface area contributed by atoms with Crippen molar-refractivity contribution in [1.82, 2.24) is 5.32 Å². The van der Waals surface area contributed by atoms with Crippen molar-refractivity contribution in [3.8, 4) is 5.75 Å². The zero-order chi connectivity index (χ0) is 13.7. The summed E-state index contributed by atoms with van der Waals surface area (Å²) in [7, 11) is 2.80. The van der Waals surface area contributed by atoms with E-state index in [1.807, 2.05) is 0 Å². The summed E-state index contributed by atoms with van der Waals surface area (Å²) in [4.78, 5) is 11.3. The fraction of sp³-hybridized carbons (Fsp3) is 0.462. The van der Waals surface area contributed by atoms with Crippen LogP contribution in [-0.2, 0) is 9.53 Å². The van der Waals surface area contributed by atoms with E-state index in [1.54, 1.807) is 26.0 Å². The molecule has 0 bridgehead atoms. The molecule has 0 heterocycles. The van der Waals surface area contributed by atoms with Gasteiger partial charge >= 0.3 is 5.97 Å². The van der Waals surface area contributed by atoms with Crippen molar-refractivity contribution in [2.24, 2.45) is 0 Å². The zero-order valence-corrected chi connectivity index (χ0v) is 11.0. The minimum absolute atomic E-state index is 0.366. The quantitative estimate of drug-likeness (QED) is 0.818. The molecule has 0 aliphatic carbocycles. The Balaban J connectivity index is 2.90. The van der Waals surface area contributed by atoms with E-state index in [0.717, 1.165) is 0 Å². The summed E-state index contributed by atoms with van der Waals surface area (Å²) >= 11 is 0. The van der Waals surface area contributed by atoms with Gasteiger partial charge in [0.25, 0.3) is 0 Å². The van der Waals surface area contributed by atoms with Crippen LogP contribution in [-0.4, -0.2) is 26.2 Å². The highest BCUT2D eigenvalue weighted by molar-refractivity contribution is 5.75. The molecule has 0 aliphatic heterocycles. The van der Waals surface area contributed by atoms with Gasteiger partial charge in [-0.05, 0) is 26.0 Å². The lowest BCUT2D eigenvalue weighted by Gasteiger charge is -2.21. The maximum Gasteiger partial charge on any atom is 0.322 e. The Morgan fingerprint density at radius 3 is 2.56 bits per heavy atom. The summed E-state index contributed by atoms with van der Waals surface area (Å²) in [5.74, 6) is -0.310. The van der Waals surface area contributed by atoms with Crippen molar-refractivity contribution in [1.29, 1.82) is 0 Å². The number of hydrogen-bond acceptors (Lipinski definition) is 4. The fourth-order valence-corrected chi connectivity index (χ4v) is 1.82. The third-order valence-electron chi connectivity index (χ3n) is 2.72. The van der Waals surface area contributed by atoms with Gasteiger partial charge in [-0.2, -0.15) is 0 Å². The summed E-state index contributed by atoms with van der Waals surface area (Å²) in [6.45, 7) is 3.43. The van der Waals surface area contributed by atoms with E-state index >= 15 is 0 Å². The van der Waals surface area contributed by atoms with E-state index < -0.39 is 12.0 Å². The number of carbonyl (C=O) groups excluding carboxylic acids is 1. The topological polar surface area (TPSA) is 47.6 Å². The van der Waals surface area contributed by atoms with E-state index in [1.165, 1.54) is 20.3 Å². The predicted octanol–water partition coefficient (Wildman–Crippen LogP) is 2.05. The fourth-order valence-electron chi connectivity index (χ4n) is 1.82. The predicted molar refractivity (Wildman–Crippen MR) is 66.0 cm³/mol. The van der Waals surface area contributed by atoms with Gasteiger partial charge in [-0.3, -0.25) is 10.1 Å². The summed E-state index contributed by atoms with van der Waals surface area (Å²) < 4.78 is 23.5. The van der Waals surface area contributed by atoms with Crippen molar-refractivity contribution in [3.63, 3.8) is 0 Å². The molecule has 2 atom stereocenters. The molecular formula is C13H18FNO3. The van der Waals surface area contributed by atoms with E-state index in [0.29, 0.717) is 11.3 Å². The highest BCUT2D eigenvalue weighted by Gasteiger charge is 2.21. The molecule has 4 nitrogen and oxygen atoms in total. The molecule has 0 aliphatic rings. The first-order valence-corrected chi connectivity index (χ1v) is 5.67. The number of hydrogen-bond donors (Lipinski definition) is 1. The van der Waals surface area contributed by atoms with Crippen molar-refractivity contribution in [3.05, 3.63) is 29.6 Å². The molecule has 0 aromatic heterocycles. The Morgan fingerprint density at radius 2 is 2.00 bits per heavy atom. The van der Waals surface area contributed by atoms with Crippen LogP contribution in [0.4, 0.5) is 4.39 Å². The molecule has 2 unspecified atom stereocenters. The van der Waals surface area contributed by atoms with E-state index in [4.69, 9.17) is 4.74 Å². The molecule has 100 valence electrons. The summed E-state index contributed by atoms with van der Waals surface area (Å²) in [6, 6.07) is 3.73. The van der Waals surface area contributed by atoms with Gasteiger partial charge in [0.05, 0.1) is 14.2 Å². The average molecular weight is 255 g/mol. The monoisotopic (exact) mass is 255 g/mol. The van der Waals surface area contributed by atoms with Crippen LogP contribution in [0.2, 0.25) is 0 Å². The average Bonchev–Trinajstić information content (AvgIpc) is 2.36. The number of rotatable bonds is 5. The Bertz CT molecular complexity index is 423. The Kier molecular flexibility index (Phi) is 5.09. The van der Waals surface area contributed by atoms with Crippen molar-refractivity contribution >= 4 is 5.97 Å². The van der Waals surface area contributed by atoms with Crippen LogP contribution >= 0.6 is 0 Å². The van der Waals surface area contributed by atoms with Crippen LogP contribution in [0.1, 0.15) is 25.5 Å². The van der Waals surface area contributed by atoms with Crippen LogP contribution in [0.5, 0.6) is 5.75 Å². The molecule has 18 heavy (non-hydrogen) atoms. The number of carbonyl (C=O) groups is 1. The standard InChI is InChI=1S/C13H18FNO3/c1-8(15-9(2)13(16)18-4)12-10(14)6-5-7-11(12)17-3/h5-9,15H,1-4H3. The number of esters is 1. The van der Waals surface area contributed by atoms with Gasteiger partial charge in [0.15, 0.2) is 0 Å². The lowest BCUT2D eigenvalue weighted by Crippen LogP contribution is -2.36. The normalized spacial score (nSPS) is 13.8. The van der Waals surface area contributed by atoms with E-state index in [-0.39, 0.29) is 11.9 Å². The number of nitrogens with one attached hydrogen (secondary N) is 1. The van der Waals surface area contributed by atoms with Gasteiger partial charge in [0.1, 0.15) is 17.6 Å². The minimum Gasteiger partial charge on any atom is -0.496 e. The van der Waals surface area contributed by atoms with Crippen molar-refractivity contribution in [2.75, 3.05) is 14.2 Å². The van der Waals surface area contributed by atoms with Crippen LogP contribution < -0.4 is 10.1 Å². The molecule has 1 aromatic rings. The first-order valence-electron chi connectivity index (χ1n) is 5.67. The number of ether oxygens (including phenoxy) is 2. The van der Waals surface area contributed by atoms with E-state index in [9.17, 15) is 9.18 Å². The molecule has 0 radical (unpaired) electrons. The lowest BCUT2D eigenvalue weighted by molar-refractivity contribution is -0.142. The molecule has 0 amide bonds. The third kappa shape index (κ3) is 3.20. The Hall–Kier alpha value is -1.62. The van der Waals surface area contributed by atoms with Gasteiger partial charge in [0.2, 0.25) is 0 Å². The number of methoxy groups -OCH3 is 2. The van der Waals surface area contributed by atoms with Gasteiger partial charge in [0, 0.05) is 11.6 Å². The van der Waals surface area contributed by atoms with Gasteiger partial charge in [-0.25, -0.2) is 4.39 Å². The molecule has 1 N–H and O–H groups in total. The van der Waals surface area contributed by atoms with E-state index in [2.05, 4.69) is 10.1 Å².